The van der Waals surface area contributed by atoms with E-state index in [0.717, 1.165) is 30.5 Å². The molecular weight excluding hydrogens is 442 g/mol. The molecule has 0 aliphatic heterocycles. The van der Waals surface area contributed by atoms with Gasteiger partial charge in [0.2, 0.25) is 0 Å². The number of nitriles is 1. The monoisotopic (exact) mass is 465 g/mol. The summed E-state index contributed by atoms with van der Waals surface area (Å²) in [5, 5.41) is 13.4. The first-order valence-corrected chi connectivity index (χ1v) is 11.7. The molecule has 0 fully saturated rings. The number of rotatable bonds is 4. The summed E-state index contributed by atoms with van der Waals surface area (Å²) >= 11 is 7.72. The van der Waals surface area contributed by atoms with E-state index in [-0.39, 0.29) is 11.0 Å². The molecule has 0 unspecified atom stereocenters. The molecule has 0 saturated heterocycles. The van der Waals surface area contributed by atoms with Crippen LogP contribution in [0.15, 0.2) is 46.4 Å². The van der Waals surface area contributed by atoms with E-state index in [2.05, 4.69) is 31.1 Å². The molecule has 2 heterocycles. The lowest BCUT2D eigenvalue weighted by molar-refractivity contribution is -0.112. The highest BCUT2D eigenvalue weighted by Gasteiger charge is 2.31. The highest BCUT2D eigenvalue weighted by Crippen LogP contribution is 2.40. The summed E-state index contributed by atoms with van der Waals surface area (Å²) in [6.45, 7) is 6.80. The van der Waals surface area contributed by atoms with Crippen molar-refractivity contribution in [1.82, 2.24) is 4.98 Å². The fourth-order valence-corrected chi connectivity index (χ4v) is 5.17. The number of hydrogen-bond acceptors (Lipinski definition) is 5. The summed E-state index contributed by atoms with van der Waals surface area (Å²) in [6, 6.07) is 12.8. The topological polar surface area (TPSA) is 78.9 Å². The van der Waals surface area contributed by atoms with Gasteiger partial charge < -0.3 is 4.42 Å². The molecule has 0 radical (unpaired) electrons. The van der Waals surface area contributed by atoms with Crippen molar-refractivity contribution in [3.8, 4) is 17.4 Å². The molecule has 2 aromatic heterocycles. The molecule has 5 nitrogen and oxygen atoms in total. The van der Waals surface area contributed by atoms with Crippen LogP contribution in [0.4, 0.5) is 5.13 Å². The van der Waals surface area contributed by atoms with E-state index in [9.17, 15) is 10.1 Å². The van der Waals surface area contributed by atoms with Gasteiger partial charge in [-0.15, -0.1) is 11.3 Å². The molecule has 1 aliphatic rings. The molecule has 1 aliphatic carbocycles. The normalized spacial score (nSPS) is 16.3. The van der Waals surface area contributed by atoms with Crippen LogP contribution in [0.3, 0.4) is 0 Å². The number of nitrogens with one attached hydrogen (secondary N) is 1. The largest absolute Gasteiger partial charge is 0.457 e. The van der Waals surface area contributed by atoms with Crippen LogP contribution in [-0.4, -0.2) is 10.9 Å². The number of nitrogens with zero attached hydrogens (tertiary/aromatic N) is 2. The average molecular weight is 466 g/mol. The minimum Gasteiger partial charge on any atom is -0.457 e. The van der Waals surface area contributed by atoms with E-state index < -0.39 is 5.91 Å². The number of amides is 1. The molecule has 32 heavy (non-hydrogen) atoms. The number of carbonyl (C=O) groups is 1. The smallest absolute Gasteiger partial charge is 0.268 e. The zero-order valence-electron chi connectivity index (χ0n) is 18.2. The Hall–Kier alpha value is -2.88. The molecule has 164 valence electrons. The van der Waals surface area contributed by atoms with Gasteiger partial charge in [-0.1, -0.05) is 44.5 Å². The number of anilines is 1. The van der Waals surface area contributed by atoms with Gasteiger partial charge in [0, 0.05) is 16.5 Å². The van der Waals surface area contributed by atoms with Crippen LogP contribution >= 0.6 is 22.9 Å². The predicted octanol–water partition coefficient (Wildman–Crippen LogP) is 6.75. The molecule has 0 saturated carbocycles. The second-order valence-electron chi connectivity index (χ2n) is 9.00. The van der Waals surface area contributed by atoms with Gasteiger partial charge in [0.15, 0.2) is 5.13 Å². The number of halogens is 1. The van der Waals surface area contributed by atoms with Crippen molar-refractivity contribution >= 4 is 40.1 Å². The molecule has 1 amide bonds. The van der Waals surface area contributed by atoms with Gasteiger partial charge in [-0.3, -0.25) is 10.1 Å². The summed E-state index contributed by atoms with van der Waals surface area (Å²) < 4.78 is 5.79. The van der Waals surface area contributed by atoms with Crippen LogP contribution in [0.2, 0.25) is 5.02 Å². The fourth-order valence-electron chi connectivity index (χ4n) is 3.86. The zero-order chi connectivity index (χ0) is 22.9. The summed E-state index contributed by atoms with van der Waals surface area (Å²) in [4.78, 5) is 18.5. The fraction of sp³-hybridized carbons (Fsp3) is 0.320. The lowest BCUT2D eigenvalue weighted by Gasteiger charge is -2.33. The minimum absolute atomic E-state index is 0.0502. The molecule has 1 aromatic carbocycles. The van der Waals surface area contributed by atoms with Gasteiger partial charge in [-0.2, -0.15) is 5.26 Å². The van der Waals surface area contributed by atoms with Crippen LogP contribution in [0.1, 0.15) is 43.5 Å². The Morgan fingerprint density at radius 2 is 2.09 bits per heavy atom. The summed E-state index contributed by atoms with van der Waals surface area (Å²) in [5.74, 6) is 1.07. The quantitative estimate of drug-likeness (QED) is 0.341. The molecule has 0 spiro atoms. The third-order valence-electron chi connectivity index (χ3n) is 5.80. The first-order chi connectivity index (χ1) is 15.2. The Kier molecular flexibility index (Phi) is 6.23. The van der Waals surface area contributed by atoms with E-state index >= 15 is 0 Å². The number of fused-ring (bicyclic) bond motifs is 1. The molecule has 0 bridgehead atoms. The highest BCUT2D eigenvalue weighted by molar-refractivity contribution is 7.15. The van der Waals surface area contributed by atoms with Crippen molar-refractivity contribution in [2.75, 3.05) is 5.32 Å². The summed E-state index contributed by atoms with van der Waals surface area (Å²) in [5.41, 5.74) is 2.00. The second kappa shape index (κ2) is 8.93. The van der Waals surface area contributed by atoms with Crippen molar-refractivity contribution in [3.63, 3.8) is 0 Å². The minimum atomic E-state index is -0.498. The predicted molar refractivity (Wildman–Crippen MR) is 128 cm³/mol. The van der Waals surface area contributed by atoms with E-state index in [0.29, 0.717) is 27.6 Å². The highest BCUT2D eigenvalue weighted by atomic mass is 35.5. The number of carbonyl (C=O) groups excluding carboxylic acids is 1. The first-order valence-electron chi connectivity index (χ1n) is 10.5. The molecule has 7 heteroatoms. The third kappa shape index (κ3) is 4.79. The van der Waals surface area contributed by atoms with Crippen molar-refractivity contribution in [3.05, 3.63) is 63.3 Å². The summed E-state index contributed by atoms with van der Waals surface area (Å²) in [6.07, 6.45) is 4.42. The Morgan fingerprint density at radius 1 is 1.31 bits per heavy atom. The van der Waals surface area contributed by atoms with Crippen molar-refractivity contribution < 1.29 is 9.21 Å². The average Bonchev–Trinajstić information content (AvgIpc) is 3.37. The maximum Gasteiger partial charge on any atom is 0.268 e. The van der Waals surface area contributed by atoms with E-state index in [4.69, 9.17) is 16.0 Å². The van der Waals surface area contributed by atoms with Crippen molar-refractivity contribution in [2.45, 2.75) is 40.0 Å². The van der Waals surface area contributed by atoms with Crippen LogP contribution in [0, 0.1) is 22.7 Å². The van der Waals surface area contributed by atoms with Gasteiger partial charge in [-0.05, 0) is 54.9 Å². The van der Waals surface area contributed by atoms with Gasteiger partial charge in [0.05, 0.1) is 10.7 Å². The third-order valence-corrected chi connectivity index (χ3v) is 7.17. The summed E-state index contributed by atoms with van der Waals surface area (Å²) in [7, 11) is 0. The van der Waals surface area contributed by atoms with Gasteiger partial charge in [0.25, 0.3) is 5.91 Å². The SMILES string of the molecule is CC(C)(C)[C@@H]1CCc2nc(NC(=O)/C(C#N)=C/c3ccc(-c4ccccc4Cl)o3)sc2C1. The number of thiazole rings is 1. The molecule has 1 N–H and O–H groups in total. The van der Waals surface area contributed by atoms with E-state index in [1.165, 1.54) is 22.3 Å². The van der Waals surface area contributed by atoms with Gasteiger partial charge >= 0.3 is 0 Å². The maximum absolute atomic E-state index is 12.7. The van der Waals surface area contributed by atoms with Crippen LogP contribution in [0.5, 0.6) is 0 Å². The second-order valence-corrected chi connectivity index (χ2v) is 10.5. The maximum atomic E-state index is 12.7. The Balaban J connectivity index is 1.49. The number of aromatic nitrogens is 1. The van der Waals surface area contributed by atoms with Gasteiger partial charge in [-0.25, -0.2) is 4.98 Å². The van der Waals surface area contributed by atoms with E-state index in [1.807, 2.05) is 24.3 Å². The van der Waals surface area contributed by atoms with Crippen molar-refractivity contribution in [1.29, 1.82) is 5.26 Å². The van der Waals surface area contributed by atoms with Crippen molar-refractivity contribution in [2.24, 2.45) is 11.3 Å². The van der Waals surface area contributed by atoms with Crippen LogP contribution in [-0.2, 0) is 17.6 Å². The number of aryl methyl sites for hydroxylation is 1. The Labute approximate surface area is 196 Å². The number of benzene rings is 1. The van der Waals surface area contributed by atoms with Gasteiger partial charge in [0.1, 0.15) is 23.2 Å². The lowest BCUT2D eigenvalue weighted by atomic mass is 9.73. The standard InChI is InChI=1S/C25H24ClN3O2S/c1-25(2,3)16-8-10-20-22(13-16)32-24(28-20)29-23(30)15(14-27)12-17-9-11-21(31-17)18-6-4-5-7-19(18)26/h4-7,9,11-12,16H,8,10,13H2,1-3H3,(H,28,29,30)/b15-12+/t16-/m1/s1. The zero-order valence-corrected chi connectivity index (χ0v) is 19.8. The molecule has 1 atom stereocenters. The molecule has 3 aromatic rings. The Bertz CT molecular complexity index is 1230. The number of hydrogen-bond donors (Lipinski definition) is 1. The van der Waals surface area contributed by atoms with E-state index in [1.54, 1.807) is 18.2 Å². The lowest BCUT2D eigenvalue weighted by Crippen LogP contribution is -2.26. The Morgan fingerprint density at radius 3 is 2.81 bits per heavy atom. The van der Waals surface area contributed by atoms with Crippen LogP contribution in [0.25, 0.3) is 17.4 Å². The number of furan rings is 1. The van der Waals surface area contributed by atoms with Crippen LogP contribution < -0.4 is 5.32 Å². The first kappa shape index (κ1) is 22.3. The molecule has 4 rings (SSSR count). The molecular formula is C25H24ClN3O2S.